The van der Waals surface area contributed by atoms with Crippen molar-refractivity contribution in [1.29, 1.82) is 0 Å². The summed E-state index contributed by atoms with van der Waals surface area (Å²) in [6.07, 6.45) is 0.114. The molecule has 0 aliphatic rings. The molecule has 0 saturated carbocycles. The SMILES string of the molecule is COc1ccc(NC(=O)CCN)c([N+](=O)[O-])c1. The Bertz CT molecular complexity index is 434. The quantitative estimate of drug-likeness (QED) is 0.586. The first kappa shape index (κ1) is 12.9. The van der Waals surface area contributed by atoms with Gasteiger partial charge in [0.05, 0.1) is 18.1 Å². The fourth-order valence-electron chi connectivity index (χ4n) is 1.24. The number of nitro benzene ring substituents is 1. The summed E-state index contributed by atoms with van der Waals surface area (Å²) in [5, 5.41) is 13.2. The lowest BCUT2D eigenvalue weighted by Gasteiger charge is -2.06. The van der Waals surface area contributed by atoms with Crippen molar-refractivity contribution in [1.82, 2.24) is 0 Å². The highest BCUT2D eigenvalue weighted by Crippen LogP contribution is 2.28. The molecule has 7 nitrogen and oxygen atoms in total. The van der Waals surface area contributed by atoms with E-state index in [1.54, 1.807) is 0 Å². The van der Waals surface area contributed by atoms with Gasteiger partial charge in [-0.2, -0.15) is 0 Å². The van der Waals surface area contributed by atoms with E-state index < -0.39 is 4.92 Å². The third kappa shape index (κ3) is 3.42. The molecule has 1 rings (SSSR count). The maximum absolute atomic E-state index is 11.3. The Hall–Kier alpha value is -2.15. The second-order valence-electron chi connectivity index (χ2n) is 3.23. The monoisotopic (exact) mass is 239 g/mol. The van der Waals surface area contributed by atoms with Crippen LogP contribution >= 0.6 is 0 Å². The van der Waals surface area contributed by atoms with Gasteiger partial charge in [0.25, 0.3) is 5.69 Å². The summed E-state index contributed by atoms with van der Waals surface area (Å²) in [5.41, 5.74) is 5.13. The molecule has 17 heavy (non-hydrogen) atoms. The van der Waals surface area contributed by atoms with Crippen molar-refractivity contribution in [2.24, 2.45) is 5.73 Å². The highest BCUT2D eigenvalue weighted by atomic mass is 16.6. The summed E-state index contributed by atoms with van der Waals surface area (Å²) in [7, 11) is 1.41. The van der Waals surface area contributed by atoms with Gasteiger partial charge in [0.2, 0.25) is 5.91 Å². The summed E-state index contributed by atoms with van der Waals surface area (Å²) in [6, 6.07) is 4.20. The number of benzene rings is 1. The number of rotatable bonds is 5. The van der Waals surface area contributed by atoms with E-state index in [9.17, 15) is 14.9 Å². The molecule has 0 heterocycles. The summed E-state index contributed by atoms with van der Waals surface area (Å²) >= 11 is 0. The molecule has 92 valence electrons. The van der Waals surface area contributed by atoms with E-state index in [1.165, 1.54) is 25.3 Å². The average molecular weight is 239 g/mol. The van der Waals surface area contributed by atoms with E-state index in [1.807, 2.05) is 0 Å². The fourth-order valence-corrected chi connectivity index (χ4v) is 1.24. The number of carbonyl (C=O) groups is 1. The Kier molecular flexibility index (Phi) is 4.41. The van der Waals surface area contributed by atoms with Crippen LogP contribution in [0.5, 0.6) is 5.75 Å². The van der Waals surface area contributed by atoms with Gasteiger partial charge in [-0.3, -0.25) is 14.9 Å². The molecule has 7 heteroatoms. The number of anilines is 1. The molecule has 0 unspecified atom stereocenters. The summed E-state index contributed by atoms with van der Waals surface area (Å²) in [5.74, 6) is -0.00529. The molecule has 0 fully saturated rings. The summed E-state index contributed by atoms with van der Waals surface area (Å²) in [4.78, 5) is 21.5. The third-order valence-corrected chi connectivity index (χ3v) is 2.05. The number of hydrogen-bond donors (Lipinski definition) is 2. The molecular formula is C10H13N3O4. The Morgan fingerprint density at radius 2 is 2.29 bits per heavy atom. The van der Waals surface area contributed by atoms with Crippen molar-refractivity contribution in [3.63, 3.8) is 0 Å². The number of hydrogen-bond acceptors (Lipinski definition) is 5. The second kappa shape index (κ2) is 5.80. The highest BCUT2D eigenvalue weighted by Gasteiger charge is 2.16. The fraction of sp³-hybridized carbons (Fsp3) is 0.300. The van der Waals surface area contributed by atoms with Crippen molar-refractivity contribution in [3.8, 4) is 5.75 Å². The van der Waals surface area contributed by atoms with Gasteiger partial charge >= 0.3 is 0 Å². The van der Waals surface area contributed by atoms with Gasteiger partial charge in [-0.25, -0.2) is 0 Å². The van der Waals surface area contributed by atoms with Crippen LogP contribution in [0.2, 0.25) is 0 Å². The zero-order chi connectivity index (χ0) is 12.8. The van der Waals surface area contributed by atoms with Crippen LogP contribution in [0.15, 0.2) is 18.2 Å². The normalized spacial score (nSPS) is 9.76. The molecule has 3 N–H and O–H groups in total. The Morgan fingerprint density at radius 3 is 2.82 bits per heavy atom. The number of nitrogens with two attached hydrogens (primary N) is 1. The van der Waals surface area contributed by atoms with E-state index in [0.717, 1.165) is 0 Å². The summed E-state index contributed by atoms with van der Waals surface area (Å²) in [6.45, 7) is 0.190. The number of amides is 1. The van der Waals surface area contributed by atoms with E-state index in [-0.39, 0.29) is 30.2 Å². The molecule has 0 atom stereocenters. The number of nitro groups is 1. The maximum atomic E-state index is 11.3. The molecule has 0 aliphatic heterocycles. The second-order valence-corrected chi connectivity index (χ2v) is 3.23. The van der Waals surface area contributed by atoms with Gasteiger partial charge in [0.15, 0.2) is 0 Å². The first-order valence-corrected chi connectivity index (χ1v) is 4.91. The molecule has 0 saturated heterocycles. The predicted molar refractivity (Wildman–Crippen MR) is 61.9 cm³/mol. The molecule has 1 aromatic carbocycles. The minimum Gasteiger partial charge on any atom is -0.496 e. The minimum atomic E-state index is -0.583. The lowest BCUT2D eigenvalue weighted by atomic mass is 10.2. The lowest BCUT2D eigenvalue weighted by Crippen LogP contribution is -2.16. The molecule has 0 radical (unpaired) electrons. The van der Waals surface area contributed by atoms with E-state index in [0.29, 0.717) is 5.75 Å². The van der Waals surface area contributed by atoms with Gasteiger partial charge in [-0.1, -0.05) is 0 Å². The van der Waals surface area contributed by atoms with Gasteiger partial charge < -0.3 is 15.8 Å². The van der Waals surface area contributed by atoms with Crippen molar-refractivity contribution in [3.05, 3.63) is 28.3 Å². The van der Waals surface area contributed by atoms with E-state index in [4.69, 9.17) is 10.5 Å². The third-order valence-electron chi connectivity index (χ3n) is 2.05. The van der Waals surface area contributed by atoms with Crippen LogP contribution in [0.3, 0.4) is 0 Å². The Labute approximate surface area is 97.7 Å². The molecule has 0 aromatic heterocycles. The lowest BCUT2D eigenvalue weighted by molar-refractivity contribution is -0.384. The van der Waals surface area contributed by atoms with Gasteiger partial charge in [-0.05, 0) is 12.1 Å². The van der Waals surface area contributed by atoms with Crippen molar-refractivity contribution >= 4 is 17.3 Å². The van der Waals surface area contributed by atoms with Gasteiger partial charge in [0, 0.05) is 13.0 Å². The number of carbonyl (C=O) groups excluding carboxylic acids is 1. The van der Waals surface area contributed by atoms with E-state index in [2.05, 4.69) is 5.32 Å². The summed E-state index contributed by atoms with van der Waals surface area (Å²) < 4.78 is 4.88. The van der Waals surface area contributed by atoms with Gasteiger partial charge in [-0.15, -0.1) is 0 Å². The largest absolute Gasteiger partial charge is 0.496 e. The first-order valence-electron chi connectivity index (χ1n) is 4.91. The molecule has 0 aliphatic carbocycles. The van der Waals surface area contributed by atoms with E-state index >= 15 is 0 Å². The van der Waals surface area contributed by atoms with Crippen LogP contribution < -0.4 is 15.8 Å². The van der Waals surface area contributed by atoms with Crippen LogP contribution in [0.4, 0.5) is 11.4 Å². The number of nitrogens with zero attached hydrogens (tertiary/aromatic N) is 1. The highest BCUT2D eigenvalue weighted by molar-refractivity contribution is 5.93. The van der Waals surface area contributed by atoms with Crippen molar-refractivity contribution < 1.29 is 14.5 Å². The number of methoxy groups -OCH3 is 1. The smallest absolute Gasteiger partial charge is 0.296 e. The molecular weight excluding hydrogens is 226 g/mol. The van der Waals surface area contributed by atoms with Crippen molar-refractivity contribution in [2.45, 2.75) is 6.42 Å². The van der Waals surface area contributed by atoms with Crippen LogP contribution in [-0.4, -0.2) is 24.5 Å². The number of ether oxygens (including phenoxy) is 1. The average Bonchev–Trinajstić information content (AvgIpc) is 2.29. The predicted octanol–water partition coefficient (Wildman–Crippen LogP) is 0.891. The van der Waals surface area contributed by atoms with Gasteiger partial charge in [0.1, 0.15) is 11.4 Å². The van der Waals surface area contributed by atoms with Crippen molar-refractivity contribution in [2.75, 3.05) is 19.0 Å². The first-order chi connectivity index (χ1) is 8.08. The zero-order valence-corrected chi connectivity index (χ0v) is 9.30. The standard InChI is InChI=1S/C10H13N3O4/c1-17-7-2-3-8(9(6-7)13(15)16)12-10(14)4-5-11/h2-3,6H,4-5,11H2,1H3,(H,12,14). The molecule has 0 spiro atoms. The van der Waals surface area contributed by atoms with Crippen LogP contribution in [0.25, 0.3) is 0 Å². The topological polar surface area (TPSA) is 107 Å². The van der Waals surface area contributed by atoms with Crippen LogP contribution in [0.1, 0.15) is 6.42 Å². The Balaban J connectivity index is 2.98. The maximum Gasteiger partial charge on any atom is 0.296 e. The van der Waals surface area contributed by atoms with Crippen LogP contribution in [-0.2, 0) is 4.79 Å². The zero-order valence-electron chi connectivity index (χ0n) is 9.30. The molecule has 1 aromatic rings. The van der Waals surface area contributed by atoms with Crippen LogP contribution in [0, 0.1) is 10.1 Å². The Morgan fingerprint density at radius 1 is 1.59 bits per heavy atom. The number of nitrogens with one attached hydrogen (secondary N) is 1. The molecule has 1 amide bonds. The molecule has 0 bridgehead atoms. The minimum absolute atomic E-state index is 0.114.